The van der Waals surface area contributed by atoms with Gasteiger partial charge in [0.1, 0.15) is 6.26 Å². The molecule has 3 aromatic rings. The Labute approximate surface area is 166 Å². The van der Waals surface area contributed by atoms with Crippen LogP contribution in [0, 0.1) is 6.92 Å². The molecule has 0 radical (unpaired) electrons. The summed E-state index contributed by atoms with van der Waals surface area (Å²) >= 11 is 0. The van der Waals surface area contributed by atoms with Crippen LogP contribution in [0.25, 0.3) is 11.5 Å². The predicted octanol–water partition coefficient (Wildman–Crippen LogP) is 4.47. The maximum absolute atomic E-state index is 12.5. The van der Waals surface area contributed by atoms with Crippen molar-refractivity contribution in [3.05, 3.63) is 71.6 Å². The molecule has 28 heavy (non-hydrogen) atoms. The third-order valence-corrected chi connectivity index (χ3v) is 6.03. The van der Waals surface area contributed by atoms with E-state index >= 15 is 0 Å². The molecule has 1 heterocycles. The molecule has 0 saturated carbocycles. The Bertz CT molecular complexity index is 1030. The zero-order valence-electron chi connectivity index (χ0n) is 16.7. The van der Waals surface area contributed by atoms with E-state index in [2.05, 4.69) is 30.5 Å². The minimum Gasteiger partial charge on any atom is -0.444 e. The zero-order chi connectivity index (χ0) is 20.4. The highest BCUT2D eigenvalue weighted by Crippen LogP contribution is 2.23. The average molecular weight is 399 g/mol. The van der Waals surface area contributed by atoms with Crippen LogP contribution in [-0.4, -0.2) is 19.9 Å². The third kappa shape index (κ3) is 4.88. The number of nitrogens with one attached hydrogen (secondary N) is 1. The Morgan fingerprint density at radius 1 is 1.00 bits per heavy atom. The molecule has 2 aromatic carbocycles. The standard InChI is InChI=1S/C22H26N2O3S/c1-16-5-7-17(8-6-16)21-24-19(15-27-21)13-14-23-28(25,26)20-11-9-18(10-12-20)22(2,3)4/h5-12,15,23H,13-14H2,1-4H3. The molecule has 0 bridgehead atoms. The van der Waals surface area contributed by atoms with E-state index in [4.69, 9.17) is 4.42 Å². The first-order valence-electron chi connectivity index (χ1n) is 9.27. The Kier molecular flexibility index (Phi) is 5.72. The molecule has 5 nitrogen and oxygen atoms in total. The summed E-state index contributed by atoms with van der Waals surface area (Å²) in [4.78, 5) is 4.70. The fraction of sp³-hybridized carbons (Fsp3) is 0.318. The maximum atomic E-state index is 12.5. The molecule has 0 saturated heterocycles. The highest BCUT2D eigenvalue weighted by molar-refractivity contribution is 7.89. The van der Waals surface area contributed by atoms with Crippen LogP contribution >= 0.6 is 0 Å². The number of aryl methyl sites for hydroxylation is 1. The molecule has 0 aliphatic rings. The van der Waals surface area contributed by atoms with Crippen LogP contribution in [-0.2, 0) is 21.9 Å². The van der Waals surface area contributed by atoms with Crippen LogP contribution in [0.4, 0.5) is 0 Å². The highest BCUT2D eigenvalue weighted by atomic mass is 32.2. The van der Waals surface area contributed by atoms with E-state index in [0.717, 1.165) is 11.1 Å². The van der Waals surface area contributed by atoms with Gasteiger partial charge >= 0.3 is 0 Å². The maximum Gasteiger partial charge on any atom is 0.240 e. The Balaban J connectivity index is 1.60. The summed E-state index contributed by atoms with van der Waals surface area (Å²) in [7, 11) is -3.55. The van der Waals surface area contributed by atoms with E-state index in [1.165, 1.54) is 5.56 Å². The molecule has 0 fully saturated rings. The van der Waals surface area contributed by atoms with Crippen LogP contribution in [0.2, 0.25) is 0 Å². The second-order valence-electron chi connectivity index (χ2n) is 7.93. The third-order valence-electron chi connectivity index (χ3n) is 4.55. The summed E-state index contributed by atoms with van der Waals surface area (Å²) in [5.74, 6) is 0.538. The fourth-order valence-electron chi connectivity index (χ4n) is 2.78. The Morgan fingerprint density at radius 2 is 1.64 bits per heavy atom. The van der Waals surface area contributed by atoms with Crippen molar-refractivity contribution in [3.8, 4) is 11.5 Å². The topological polar surface area (TPSA) is 72.2 Å². The van der Waals surface area contributed by atoms with Crippen LogP contribution in [0.15, 0.2) is 64.1 Å². The summed E-state index contributed by atoms with van der Waals surface area (Å²) in [5.41, 5.74) is 3.86. The van der Waals surface area contributed by atoms with Gasteiger partial charge in [-0.25, -0.2) is 18.1 Å². The van der Waals surface area contributed by atoms with Crippen molar-refractivity contribution in [1.82, 2.24) is 9.71 Å². The van der Waals surface area contributed by atoms with Gasteiger partial charge in [0.05, 0.1) is 10.6 Å². The zero-order valence-corrected chi connectivity index (χ0v) is 17.5. The van der Waals surface area contributed by atoms with E-state index < -0.39 is 10.0 Å². The molecule has 3 rings (SSSR count). The number of aromatic nitrogens is 1. The lowest BCUT2D eigenvalue weighted by Crippen LogP contribution is -2.26. The number of rotatable bonds is 6. The van der Waals surface area contributed by atoms with E-state index in [1.54, 1.807) is 18.4 Å². The molecule has 0 spiro atoms. The van der Waals surface area contributed by atoms with E-state index in [0.29, 0.717) is 18.0 Å². The highest BCUT2D eigenvalue weighted by Gasteiger charge is 2.17. The van der Waals surface area contributed by atoms with Gasteiger partial charge < -0.3 is 4.42 Å². The van der Waals surface area contributed by atoms with Crippen molar-refractivity contribution in [2.45, 2.75) is 44.4 Å². The smallest absolute Gasteiger partial charge is 0.240 e. The van der Waals surface area contributed by atoms with Crippen LogP contribution < -0.4 is 4.72 Å². The number of hydrogen-bond donors (Lipinski definition) is 1. The lowest BCUT2D eigenvalue weighted by molar-refractivity contribution is 0.570. The summed E-state index contributed by atoms with van der Waals surface area (Å²) in [6.07, 6.45) is 2.02. The molecule has 6 heteroatoms. The van der Waals surface area contributed by atoms with Crippen LogP contribution in [0.1, 0.15) is 37.6 Å². The van der Waals surface area contributed by atoms with Gasteiger partial charge in [0, 0.05) is 18.5 Å². The van der Waals surface area contributed by atoms with Crippen molar-refractivity contribution in [1.29, 1.82) is 0 Å². The molecule has 1 N–H and O–H groups in total. The molecular formula is C22H26N2O3S. The second-order valence-corrected chi connectivity index (χ2v) is 9.70. The monoisotopic (exact) mass is 398 g/mol. The number of sulfonamides is 1. The molecule has 0 atom stereocenters. The van der Waals surface area contributed by atoms with Crippen LogP contribution in [0.3, 0.4) is 0 Å². The van der Waals surface area contributed by atoms with Crippen LogP contribution in [0.5, 0.6) is 0 Å². The average Bonchev–Trinajstić information content (AvgIpc) is 3.10. The van der Waals surface area contributed by atoms with E-state index in [1.807, 2.05) is 43.3 Å². The number of oxazole rings is 1. The number of hydrogen-bond acceptors (Lipinski definition) is 4. The van der Waals surface area contributed by atoms with Crippen molar-refractivity contribution in [2.24, 2.45) is 0 Å². The molecule has 0 amide bonds. The summed E-state index contributed by atoms with van der Waals surface area (Å²) < 4.78 is 33.1. The van der Waals surface area contributed by atoms with Gasteiger partial charge in [-0.3, -0.25) is 0 Å². The lowest BCUT2D eigenvalue weighted by Gasteiger charge is -2.19. The normalized spacial score (nSPS) is 12.3. The van der Waals surface area contributed by atoms with Gasteiger partial charge in [0.2, 0.25) is 15.9 Å². The van der Waals surface area contributed by atoms with Gasteiger partial charge in [-0.15, -0.1) is 0 Å². The fourth-order valence-corrected chi connectivity index (χ4v) is 3.81. The minimum absolute atomic E-state index is 0.0160. The number of benzene rings is 2. The Morgan fingerprint density at radius 3 is 2.25 bits per heavy atom. The Hall–Kier alpha value is -2.44. The first-order chi connectivity index (χ1) is 13.1. The van der Waals surface area contributed by atoms with Gasteiger partial charge in [-0.2, -0.15) is 0 Å². The summed E-state index contributed by atoms with van der Waals surface area (Å²) in [6.45, 7) is 8.56. The molecule has 148 valence electrons. The number of nitrogens with zero attached hydrogens (tertiary/aromatic N) is 1. The van der Waals surface area contributed by atoms with Crippen molar-refractivity contribution < 1.29 is 12.8 Å². The van der Waals surface area contributed by atoms with Gasteiger partial charge in [-0.1, -0.05) is 50.6 Å². The second kappa shape index (κ2) is 7.89. The first-order valence-corrected chi connectivity index (χ1v) is 10.8. The SMILES string of the molecule is Cc1ccc(-c2nc(CCNS(=O)(=O)c3ccc(C(C)(C)C)cc3)co2)cc1. The largest absolute Gasteiger partial charge is 0.444 e. The van der Waals surface area contributed by atoms with Crippen molar-refractivity contribution in [2.75, 3.05) is 6.54 Å². The van der Waals surface area contributed by atoms with Gasteiger partial charge in [-0.05, 0) is 42.2 Å². The molecule has 0 unspecified atom stereocenters. The molecule has 1 aromatic heterocycles. The summed E-state index contributed by atoms with van der Waals surface area (Å²) in [5, 5.41) is 0. The molecule has 0 aliphatic heterocycles. The quantitative estimate of drug-likeness (QED) is 0.665. The molecule has 0 aliphatic carbocycles. The van der Waals surface area contributed by atoms with E-state index in [9.17, 15) is 8.42 Å². The van der Waals surface area contributed by atoms with Crippen molar-refractivity contribution >= 4 is 10.0 Å². The molecular weight excluding hydrogens is 372 g/mol. The first kappa shape index (κ1) is 20.3. The predicted molar refractivity (Wildman–Crippen MR) is 111 cm³/mol. The van der Waals surface area contributed by atoms with Crippen molar-refractivity contribution in [3.63, 3.8) is 0 Å². The van der Waals surface area contributed by atoms with E-state index in [-0.39, 0.29) is 16.9 Å². The summed E-state index contributed by atoms with van der Waals surface area (Å²) in [6, 6.07) is 14.9. The van der Waals surface area contributed by atoms with Gasteiger partial charge in [0.15, 0.2) is 0 Å². The van der Waals surface area contributed by atoms with Gasteiger partial charge in [0.25, 0.3) is 0 Å². The minimum atomic E-state index is -3.55. The lowest BCUT2D eigenvalue weighted by atomic mass is 9.87.